The first-order valence-corrected chi connectivity index (χ1v) is 23.6. The number of hydrogen-bond acceptors (Lipinski definition) is 13. The van der Waals surface area contributed by atoms with E-state index in [0.717, 1.165) is 57.8 Å². The third kappa shape index (κ3) is 41.9. The number of carboxylic acid groups (broad SMARTS) is 3. The van der Waals surface area contributed by atoms with Crippen LogP contribution in [0.3, 0.4) is 0 Å². The maximum atomic E-state index is 12.5. The van der Waals surface area contributed by atoms with Crippen LogP contribution in [0.5, 0.6) is 0 Å². The van der Waals surface area contributed by atoms with Gasteiger partial charge in [0.1, 0.15) is 25.3 Å². The fourth-order valence-electron chi connectivity index (χ4n) is 6.33. The topological polar surface area (TPSA) is 311 Å². The molecule has 1 unspecified atom stereocenters. The van der Waals surface area contributed by atoms with Crippen molar-refractivity contribution in [2.75, 3.05) is 72.5 Å². The summed E-state index contributed by atoms with van der Waals surface area (Å²) in [5.74, 6) is -5.69. The van der Waals surface area contributed by atoms with Gasteiger partial charge < -0.3 is 60.9 Å². The molecule has 0 fully saturated rings. The van der Waals surface area contributed by atoms with Crippen LogP contribution in [0.4, 0.5) is 0 Å². The van der Waals surface area contributed by atoms with Gasteiger partial charge in [-0.1, -0.05) is 77.0 Å². The number of amides is 5. The van der Waals surface area contributed by atoms with Crippen LogP contribution in [-0.2, 0) is 62.1 Å². The lowest BCUT2D eigenvalue weighted by atomic mass is 10.0. The summed E-state index contributed by atoms with van der Waals surface area (Å²) in [5, 5.41) is 40.5. The summed E-state index contributed by atoms with van der Waals surface area (Å²) in [6.07, 6.45) is 14.3. The van der Waals surface area contributed by atoms with E-state index in [4.69, 9.17) is 24.1 Å². The normalized spacial score (nSPS) is 11.8. The molecule has 0 saturated carbocycles. The van der Waals surface area contributed by atoms with Gasteiger partial charge in [-0.3, -0.25) is 33.6 Å². The van der Waals surface area contributed by atoms with E-state index in [1.54, 1.807) is 0 Å². The van der Waals surface area contributed by atoms with Crippen molar-refractivity contribution in [2.45, 2.75) is 160 Å². The molecule has 380 valence electrons. The van der Waals surface area contributed by atoms with Gasteiger partial charge in [0.25, 0.3) is 0 Å². The van der Waals surface area contributed by atoms with E-state index in [2.05, 4.69) is 26.6 Å². The van der Waals surface area contributed by atoms with Gasteiger partial charge in [0.2, 0.25) is 29.5 Å². The molecule has 0 aromatic heterocycles. The minimum atomic E-state index is -1.40. The molecule has 0 rings (SSSR count). The van der Waals surface area contributed by atoms with Crippen LogP contribution in [0.2, 0.25) is 0 Å². The number of ether oxygens (including phenoxy) is 4. The first-order chi connectivity index (χ1) is 31.7. The molecule has 0 saturated heterocycles. The van der Waals surface area contributed by atoms with E-state index in [1.807, 2.05) is 0 Å². The highest BCUT2D eigenvalue weighted by Gasteiger charge is 2.24. The Bertz CT molecular complexity index is 1400. The fourth-order valence-corrected chi connectivity index (χ4v) is 6.33. The largest absolute Gasteiger partial charge is 0.481 e. The Balaban J connectivity index is 3.98. The predicted octanol–water partition coefficient (Wildman–Crippen LogP) is 2.80. The van der Waals surface area contributed by atoms with Gasteiger partial charge >= 0.3 is 17.9 Å². The number of unbranched alkanes of at least 4 members (excludes halogenated alkanes) is 13. The molecule has 0 radical (unpaired) electrons. The summed E-state index contributed by atoms with van der Waals surface area (Å²) < 4.78 is 20.9. The summed E-state index contributed by atoms with van der Waals surface area (Å²) >= 11 is 0. The number of ketones is 1. The molecule has 0 bridgehead atoms. The second kappa shape index (κ2) is 42.9. The molecule has 21 nitrogen and oxygen atoms in total. The van der Waals surface area contributed by atoms with Gasteiger partial charge in [0.15, 0.2) is 5.78 Å². The highest BCUT2D eigenvalue weighted by Crippen LogP contribution is 2.14. The second-order valence-corrected chi connectivity index (χ2v) is 16.0. The highest BCUT2D eigenvalue weighted by molar-refractivity contribution is 5.86. The summed E-state index contributed by atoms with van der Waals surface area (Å²) in [7, 11) is 0. The SMILES string of the molecule is CC(=O)COCCOCCNC(=O)COCCOCCNC(=O)CCCNC(=O)CCC(NC(=O)CC[C@H](NC(=O)CCCCCCCCCCCCCCCCC(=O)O)C(=O)O)C(=O)O. The lowest BCUT2D eigenvalue weighted by Gasteiger charge is -2.17. The van der Waals surface area contributed by atoms with E-state index in [-0.39, 0.29) is 122 Å². The molecule has 66 heavy (non-hydrogen) atoms. The van der Waals surface area contributed by atoms with E-state index in [1.165, 1.54) is 32.6 Å². The van der Waals surface area contributed by atoms with Gasteiger partial charge in [0, 0.05) is 51.7 Å². The quantitative estimate of drug-likeness (QED) is 0.0407. The number of carbonyl (C=O) groups excluding carboxylic acids is 6. The van der Waals surface area contributed by atoms with Gasteiger partial charge in [-0.15, -0.1) is 0 Å². The molecular formula is C45H79N5O16. The number of carbonyl (C=O) groups is 9. The summed E-state index contributed by atoms with van der Waals surface area (Å²) in [6.45, 7) is 3.51. The Morgan fingerprint density at radius 1 is 0.379 bits per heavy atom. The maximum absolute atomic E-state index is 12.5. The summed E-state index contributed by atoms with van der Waals surface area (Å²) in [5.41, 5.74) is 0. The second-order valence-electron chi connectivity index (χ2n) is 16.0. The fraction of sp³-hybridized carbons (Fsp3) is 0.800. The van der Waals surface area contributed by atoms with E-state index in [9.17, 15) is 53.4 Å². The molecule has 0 aliphatic rings. The van der Waals surface area contributed by atoms with Crippen molar-refractivity contribution < 1.29 is 77.4 Å². The molecule has 5 amide bonds. The Kier molecular flexibility index (Phi) is 39.8. The number of hydrogen-bond donors (Lipinski definition) is 8. The lowest BCUT2D eigenvalue weighted by molar-refractivity contribution is -0.143. The van der Waals surface area contributed by atoms with Crippen molar-refractivity contribution in [3.05, 3.63) is 0 Å². The van der Waals surface area contributed by atoms with Gasteiger partial charge in [0.05, 0.1) is 39.6 Å². The number of rotatable bonds is 47. The monoisotopic (exact) mass is 946 g/mol. The Morgan fingerprint density at radius 2 is 0.742 bits per heavy atom. The van der Waals surface area contributed by atoms with E-state index < -0.39 is 47.7 Å². The van der Waals surface area contributed by atoms with Crippen molar-refractivity contribution >= 4 is 53.2 Å². The number of nitrogens with one attached hydrogen (secondary N) is 5. The van der Waals surface area contributed by atoms with Crippen LogP contribution in [0.15, 0.2) is 0 Å². The highest BCUT2D eigenvalue weighted by atomic mass is 16.5. The van der Waals surface area contributed by atoms with Gasteiger partial charge in [-0.2, -0.15) is 0 Å². The average molecular weight is 946 g/mol. The molecule has 0 spiro atoms. The van der Waals surface area contributed by atoms with Crippen LogP contribution in [0.25, 0.3) is 0 Å². The molecule has 0 aromatic carbocycles. The molecule has 8 N–H and O–H groups in total. The maximum Gasteiger partial charge on any atom is 0.326 e. The zero-order chi connectivity index (χ0) is 49.0. The molecule has 21 heteroatoms. The zero-order valence-corrected chi connectivity index (χ0v) is 39.1. The zero-order valence-electron chi connectivity index (χ0n) is 39.1. The number of aliphatic carboxylic acids is 3. The van der Waals surface area contributed by atoms with Crippen LogP contribution in [0, 0.1) is 0 Å². The average Bonchev–Trinajstić information content (AvgIpc) is 3.26. The van der Waals surface area contributed by atoms with Crippen molar-refractivity contribution in [1.29, 1.82) is 0 Å². The minimum absolute atomic E-state index is 0.0413. The van der Waals surface area contributed by atoms with Crippen molar-refractivity contribution in [3.63, 3.8) is 0 Å². The molecule has 2 atom stereocenters. The Hall–Kier alpha value is -4.73. The first-order valence-electron chi connectivity index (χ1n) is 23.6. The predicted molar refractivity (Wildman–Crippen MR) is 241 cm³/mol. The van der Waals surface area contributed by atoms with Crippen molar-refractivity contribution in [2.24, 2.45) is 0 Å². The Labute approximate surface area is 389 Å². The van der Waals surface area contributed by atoms with Gasteiger partial charge in [-0.25, -0.2) is 9.59 Å². The van der Waals surface area contributed by atoms with Crippen LogP contribution in [0.1, 0.15) is 148 Å². The Morgan fingerprint density at radius 3 is 1.21 bits per heavy atom. The van der Waals surface area contributed by atoms with E-state index >= 15 is 0 Å². The summed E-state index contributed by atoms with van der Waals surface area (Å²) in [6, 6.07) is -2.72. The molecule has 0 aromatic rings. The minimum Gasteiger partial charge on any atom is -0.481 e. The van der Waals surface area contributed by atoms with E-state index in [0.29, 0.717) is 26.0 Å². The molecular weight excluding hydrogens is 867 g/mol. The smallest absolute Gasteiger partial charge is 0.326 e. The molecule has 0 aliphatic heterocycles. The standard InChI is InChI=1S/C45H79N5O16/c1-35(51)33-65-31-29-64-28-26-48-42(56)34-66-32-30-63-27-25-47-38(52)18-16-24-46-39(53)22-20-36(44(59)60)50-41(55)23-21-37(45(61)62)49-40(54)17-14-12-10-8-6-4-2-3-5-7-9-11-13-15-19-43(57)58/h36-37H,2-34H2,1H3,(H,46,53)(H,47,52)(H,48,56)(H,49,54)(H,50,55)(H,57,58)(H,59,60)(H,61,62)/t36?,37-/m0/s1. The number of Topliss-reactive ketones (excluding diaryl/α,β-unsaturated/α-hetero) is 1. The molecule has 0 heterocycles. The number of carboxylic acids is 3. The lowest BCUT2D eigenvalue weighted by Crippen LogP contribution is -2.44. The van der Waals surface area contributed by atoms with Crippen molar-refractivity contribution in [3.8, 4) is 0 Å². The third-order valence-electron chi connectivity index (χ3n) is 9.95. The van der Waals surface area contributed by atoms with Crippen LogP contribution < -0.4 is 26.6 Å². The third-order valence-corrected chi connectivity index (χ3v) is 9.95. The van der Waals surface area contributed by atoms with Crippen molar-refractivity contribution in [1.82, 2.24) is 26.6 Å². The molecule has 0 aliphatic carbocycles. The van der Waals surface area contributed by atoms with Crippen LogP contribution >= 0.6 is 0 Å². The first kappa shape index (κ1) is 61.3. The van der Waals surface area contributed by atoms with Gasteiger partial charge in [-0.05, 0) is 39.0 Å². The van der Waals surface area contributed by atoms with Crippen LogP contribution in [-0.4, -0.2) is 153 Å². The summed E-state index contributed by atoms with van der Waals surface area (Å²) in [4.78, 5) is 106.